The van der Waals surface area contributed by atoms with Crippen molar-refractivity contribution in [3.05, 3.63) is 70.7 Å². The Bertz CT molecular complexity index is 1200. The fourth-order valence-electron chi connectivity index (χ4n) is 2.80. The zero-order chi connectivity index (χ0) is 20.4. The quantitative estimate of drug-likeness (QED) is 0.632. The SMILES string of the molecule is Cc1ccc(-c2nc(COC(=O)CN=C3NS(=O)(=O)c4ccccc43)cs2)cc1. The summed E-state index contributed by atoms with van der Waals surface area (Å²) in [6.07, 6.45) is 0. The Morgan fingerprint density at radius 1 is 1.17 bits per heavy atom. The van der Waals surface area contributed by atoms with Crippen LogP contribution in [0.25, 0.3) is 10.6 Å². The second-order valence-electron chi connectivity index (χ2n) is 6.44. The van der Waals surface area contributed by atoms with Gasteiger partial charge in [0.2, 0.25) is 0 Å². The molecule has 1 aromatic heterocycles. The largest absolute Gasteiger partial charge is 0.458 e. The van der Waals surface area contributed by atoms with Crippen LogP contribution >= 0.6 is 11.3 Å². The van der Waals surface area contributed by atoms with Crippen LogP contribution in [0.15, 0.2) is 63.8 Å². The van der Waals surface area contributed by atoms with Gasteiger partial charge in [0, 0.05) is 16.5 Å². The lowest BCUT2D eigenvalue weighted by Gasteiger charge is -2.02. The third-order valence-electron chi connectivity index (χ3n) is 4.26. The van der Waals surface area contributed by atoms with Crippen LogP contribution in [0, 0.1) is 6.92 Å². The molecule has 0 fully saturated rings. The molecule has 0 amide bonds. The molecule has 3 aromatic rings. The number of thiazole rings is 1. The van der Waals surface area contributed by atoms with Gasteiger partial charge >= 0.3 is 5.97 Å². The molecule has 148 valence electrons. The van der Waals surface area contributed by atoms with E-state index in [2.05, 4.69) is 14.7 Å². The Labute approximate surface area is 172 Å². The summed E-state index contributed by atoms with van der Waals surface area (Å²) >= 11 is 1.48. The number of sulfonamides is 1. The van der Waals surface area contributed by atoms with E-state index in [4.69, 9.17) is 4.74 Å². The highest BCUT2D eigenvalue weighted by Crippen LogP contribution is 2.24. The highest BCUT2D eigenvalue weighted by Gasteiger charge is 2.30. The summed E-state index contributed by atoms with van der Waals surface area (Å²) in [5, 5.41) is 2.70. The zero-order valence-corrected chi connectivity index (χ0v) is 17.1. The van der Waals surface area contributed by atoms with Gasteiger partial charge in [-0.3, -0.25) is 14.5 Å². The Kier molecular flexibility index (Phi) is 5.16. The smallest absolute Gasteiger partial charge is 0.328 e. The first-order chi connectivity index (χ1) is 13.9. The van der Waals surface area contributed by atoms with Crippen LogP contribution in [0.4, 0.5) is 0 Å². The van der Waals surface area contributed by atoms with Crippen molar-refractivity contribution in [3.8, 4) is 10.6 Å². The predicted molar refractivity (Wildman–Crippen MR) is 110 cm³/mol. The number of aromatic nitrogens is 1. The van der Waals surface area contributed by atoms with Crippen molar-refractivity contribution in [2.45, 2.75) is 18.4 Å². The molecule has 1 aliphatic rings. The first kappa shape index (κ1) is 19.3. The van der Waals surface area contributed by atoms with Crippen LogP contribution in [-0.4, -0.2) is 31.8 Å². The lowest BCUT2D eigenvalue weighted by atomic mass is 10.2. The number of ether oxygens (including phenoxy) is 1. The van der Waals surface area contributed by atoms with Crippen LogP contribution in [0.2, 0.25) is 0 Å². The molecule has 2 heterocycles. The number of esters is 1. The van der Waals surface area contributed by atoms with Gasteiger partial charge in [0.05, 0.1) is 10.6 Å². The molecule has 0 spiro atoms. The molecule has 4 rings (SSSR count). The maximum Gasteiger partial charge on any atom is 0.328 e. The third kappa shape index (κ3) is 4.20. The normalized spacial score (nSPS) is 15.7. The Hall–Kier alpha value is -3.04. The molecular formula is C20H17N3O4S2. The van der Waals surface area contributed by atoms with Gasteiger partial charge in [0.15, 0.2) is 0 Å². The topological polar surface area (TPSA) is 97.7 Å². The number of rotatable bonds is 5. The summed E-state index contributed by atoms with van der Waals surface area (Å²) < 4.78 is 31.7. The first-order valence-electron chi connectivity index (χ1n) is 8.76. The third-order valence-corrected chi connectivity index (χ3v) is 6.60. The van der Waals surface area contributed by atoms with Crippen molar-refractivity contribution in [2.75, 3.05) is 6.54 Å². The number of aliphatic imine (C=N–C) groups is 1. The Morgan fingerprint density at radius 3 is 2.72 bits per heavy atom. The van der Waals surface area contributed by atoms with E-state index in [1.54, 1.807) is 18.2 Å². The van der Waals surface area contributed by atoms with Gasteiger partial charge in [-0.05, 0) is 19.1 Å². The van der Waals surface area contributed by atoms with Crippen molar-refractivity contribution in [1.29, 1.82) is 0 Å². The number of hydrogen-bond donors (Lipinski definition) is 1. The molecule has 29 heavy (non-hydrogen) atoms. The molecule has 0 radical (unpaired) electrons. The standard InChI is InChI=1S/C20H17N3O4S2/c1-13-6-8-14(9-7-13)20-22-15(12-28-20)11-27-18(24)10-21-19-16-4-2-3-5-17(16)29(25,26)23-19/h2-9,12H,10-11H2,1H3,(H,21,23). The van der Waals surface area contributed by atoms with Gasteiger partial charge in [-0.15, -0.1) is 11.3 Å². The first-order valence-corrected chi connectivity index (χ1v) is 11.1. The van der Waals surface area contributed by atoms with Crippen LogP contribution in [-0.2, 0) is 26.2 Å². The van der Waals surface area contributed by atoms with E-state index in [0.717, 1.165) is 10.6 Å². The van der Waals surface area contributed by atoms with E-state index in [1.807, 2.05) is 36.6 Å². The van der Waals surface area contributed by atoms with Gasteiger partial charge in [0.25, 0.3) is 10.0 Å². The number of aryl methyl sites for hydroxylation is 1. The molecule has 1 aliphatic heterocycles. The van der Waals surface area contributed by atoms with E-state index in [-0.39, 0.29) is 23.9 Å². The van der Waals surface area contributed by atoms with Crippen LogP contribution in [0.3, 0.4) is 0 Å². The average molecular weight is 428 g/mol. The summed E-state index contributed by atoms with van der Waals surface area (Å²) in [7, 11) is -3.63. The zero-order valence-electron chi connectivity index (χ0n) is 15.5. The number of benzene rings is 2. The fraction of sp³-hybridized carbons (Fsp3) is 0.150. The summed E-state index contributed by atoms with van der Waals surface area (Å²) in [5.74, 6) is -0.418. The van der Waals surface area contributed by atoms with Crippen molar-refractivity contribution in [2.24, 2.45) is 4.99 Å². The van der Waals surface area contributed by atoms with E-state index in [1.165, 1.54) is 23.0 Å². The molecule has 9 heteroatoms. The number of nitrogens with zero attached hydrogens (tertiary/aromatic N) is 2. The summed E-state index contributed by atoms with van der Waals surface area (Å²) in [5.41, 5.74) is 3.28. The van der Waals surface area contributed by atoms with Crippen molar-refractivity contribution >= 4 is 33.2 Å². The molecule has 0 atom stereocenters. The number of amidine groups is 1. The Morgan fingerprint density at radius 2 is 1.93 bits per heavy atom. The summed E-state index contributed by atoms with van der Waals surface area (Å²) in [6.45, 7) is 1.77. The highest BCUT2D eigenvalue weighted by atomic mass is 32.2. The molecule has 2 aromatic carbocycles. The van der Waals surface area contributed by atoms with Gasteiger partial charge in [0.1, 0.15) is 24.0 Å². The van der Waals surface area contributed by atoms with Crippen molar-refractivity contribution in [3.63, 3.8) is 0 Å². The average Bonchev–Trinajstić information content (AvgIpc) is 3.28. The van der Waals surface area contributed by atoms with E-state index in [0.29, 0.717) is 11.3 Å². The van der Waals surface area contributed by atoms with Gasteiger partial charge in [-0.25, -0.2) is 13.4 Å². The predicted octanol–water partition coefficient (Wildman–Crippen LogP) is 2.90. The Balaban J connectivity index is 1.37. The number of fused-ring (bicyclic) bond motifs is 1. The van der Waals surface area contributed by atoms with E-state index < -0.39 is 16.0 Å². The van der Waals surface area contributed by atoms with Gasteiger partial charge in [-0.1, -0.05) is 42.0 Å². The second-order valence-corrected chi connectivity index (χ2v) is 8.95. The molecule has 0 saturated heterocycles. The van der Waals surface area contributed by atoms with Crippen LogP contribution in [0.1, 0.15) is 16.8 Å². The number of hydrogen-bond acceptors (Lipinski definition) is 7. The molecule has 0 bridgehead atoms. The highest BCUT2D eigenvalue weighted by molar-refractivity contribution is 7.90. The molecular weight excluding hydrogens is 410 g/mol. The minimum atomic E-state index is -3.63. The summed E-state index contributed by atoms with van der Waals surface area (Å²) in [6, 6.07) is 14.5. The fourth-order valence-corrected chi connectivity index (χ4v) is 4.86. The van der Waals surface area contributed by atoms with Crippen molar-refractivity contribution < 1.29 is 17.9 Å². The lowest BCUT2D eigenvalue weighted by molar-refractivity contribution is -0.143. The molecule has 0 saturated carbocycles. The van der Waals surface area contributed by atoms with Crippen LogP contribution < -0.4 is 4.72 Å². The number of carbonyl (C=O) groups excluding carboxylic acids is 1. The lowest BCUT2D eigenvalue weighted by Crippen LogP contribution is -2.23. The number of carbonyl (C=O) groups is 1. The summed E-state index contributed by atoms with van der Waals surface area (Å²) in [4.78, 5) is 20.7. The second kappa shape index (κ2) is 7.76. The molecule has 1 N–H and O–H groups in total. The van der Waals surface area contributed by atoms with Gasteiger partial charge < -0.3 is 4.74 Å². The molecule has 7 nitrogen and oxygen atoms in total. The van der Waals surface area contributed by atoms with Gasteiger partial charge in [-0.2, -0.15) is 0 Å². The van der Waals surface area contributed by atoms with Crippen LogP contribution in [0.5, 0.6) is 0 Å². The minimum absolute atomic E-state index is 0.0361. The van der Waals surface area contributed by atoms with E-state index >= 15 is 0 Å². The minimum Gasteiger partial charge on any atom is -0.458 e. The van der Waals surface area contributed by atoms with Crippen molar-refractivity contribution in [1.82, 2.24) is 9.71 Å². The molecule has 0 unspecified atom stereocenters. The number of nitrogens with one attached hydrogen (secondary N) is 1. The monoisotopic (exact) mass is 427 g/mol. The maximum atomic E-state index is 12.0. The maximum absolute atomic E-state index is 12.0. The molecule has 0 aliphatic carbocycles. The van der Waals surface area contributed by atoms with E-state index in [9.17, 15) is 13.2 Å².